The number of amides is 1. The lowest BCUT2D eigenvalue weighted by atomic mass is 9.87. The number of hydrogen-bond donors (Lipinski definition) is 2. The molecule has 5 nitrogen and oxygen atoms in total. The van der Waals surface area contributed by atoms with Gasteiger partial charge in [-0.25, -0.2) is 0 Å². The summed E-state index contributed by atoms with van der Waals surface area (Å²) >= 11 is 0. The van der Waals surface area contributed by atoms with E-state index in [0.717, 1.165) is 40.6 Å². The van der Waals surface area contributed by atoms with E-state index < -0.39 is 0 Å². The quantitative estimate of drug-likeness (QED) is 0.501. The third kappa shape index (κ3) is 4.80. The molecule has 5 heteroatoms. The average molecular weight is 395 g/mol. The molecular formula is C24H30N2O3. The molecule has 2 N–H and O–H groups in total. The van der Waals surface area contributed by atoms with Crippen molar-refractivity contribution in [2.24, 2.45) is 0 Å². The van der Waals surface area contributed by atoms with Crippen LogP contribution >= 0.6 is 0 Å². The summed E-state index contributed by atoms with van der Waals surface area (Å²) in [6, 6.07) is 14.3. The van der Waals surface area contributed by atoms with Crippen LogP contribution in [0.5, 0.6) is 5.75 Å². The Morgan fingerprint density at radius 1 is 1.10 bits per heavy atom. The lowest BCUT2D eigenvalue weighted by molar-refractivity contribution is -0.121. The van der Waals surface area contributed by atoms with Crippen LogP contribution in [0.3, 0.4) is 0 Å². The monoisotopic (exact) mass is 394 g/mol. The lowest BCUT2D eigenvalue weighted by Gasteiger charge is -2.20. The predicted molar refractivity (Wildman–Crippen MR) is 117 cm³/mol. The first-order chi connectivity index (χ1) is 14.2. The Morgan fingerprint density at radius 2 is 1.93 bits per heavy atom. The Kier molecular flexibility index (Phi) is 7.30. The number of hydrogen-bond acceptors (Lipinski definition) is 3. The number of carbonyl (C=O) groups is 1. The Balaban J connectivity index is 1.97. The van der Waals surface area contributed by atoms with E-state index in [1.54, 1.807) is 14.2 Å². The third-order valence-electron chi connectivity index (χ3n) is 5.34. The van der Waals surface area contributed by atoms with E-state index in [1.807, 2.05) is 30.5 Å². The van der Waals surface area contributed by atoms with E-state index >= 15 is 0 Å². The summed E-state index contributed by atoms with van der Waals surface area (Å²) in [6.45, 7) is 3.40. The van der Waals surface area contributed by atoms with Crippen LogP contribution in [-0.2, 0) is 16.0 Å². The molecule has 0 bridgehead atoms. The number of H-pyrrole nitrogens is 1. The molecular weight excluding hydrogens is 364 g/mol. The molecule has 0 aliphatic carbocycles. The molecule has 0 radical (unpaired) electrons. The first-order valence-corrected chi connectivity index (χ1v) is 10.2. The Morgan fingerprint density at radius 3 is 2.69 bits per heavy atom. The van der Waals surface area contributed by atoms with E-state index in [2.05, 4.69) is 35.4 Å². The molecule has 1 amide bonds. The van der Waals surface area contributed by atoms with Crippen molar-refractivity contribution < 1.29 is 14.3 Å². The van der Waals surface area contributed by atoms with Gasteiger partial charge in [0, 0.05) is 55.3 Å². The molecule has 29 heavy (non-hydrogen) atoms. The van der Waals surface area contributed by atoms with Crippen LogP contribution in [0.2, 0.25) is 0 Å². The molecule has 1 unspecified atom stereocenters. The van der Waals surface area contributed by atoms with Gasteiger partial charge in [-0.15, -0.1) is 0 Å². The number of carbonyl (C=O) groups excluding carboxylic acids is 1. The number of aromatic nitrogens is 1. The smallest absolute Gasteiger partial charge is 0.220 e. The van der Waals surface area contributed by atoms with Crippen molar-refractivity contribution in [2.45, 2.75) is 32.1 Å². The molecule has 1 heterocycles. The highest BCUT2D eigenvalue weighted by Crippen LogP contribution is 2.38. The second kappa shape index (κ2) is 10.1. The minimum atomic E-state index is -0.102. The van der Waals surface area contributed by atoms with E-state index in [4.69, 9.17) is 9.47 Å². The highest BCUT2D eigenvalue weighted by Gasteiger charge is 2.24. The standard InChI is InChI=1S/C24H30N2O3/c1-4-17-9-7-11-19-21(16-26-24(17)19)20(15-23(27)25-13-8-14-28-2)18-10-5-6-12-22(18)29-3/h5-7,9-12,16,20,26H,4,8,13-15H2,1-3H3,(H,25,27). The van der Waals surface area contributed by atoms with E-state index in [0.29, 0.717) is 19.6 Å². The maximum atomic E-state index is 12.7. The van der Waals surface area contributed by atoms with Crippen molar-refractivity contribution in [3.8, 4) is 5.75 Å². The molecule has 1 atom stereocenters. The second-order valence-corrected chi connectivity index (χ2v) is 7.13. The second-order valence-electron chi connectivity index (χ2n) is 7.13. The van der Waals surface area contributed by atoms with Gasteiger partial charge >= 0.3 is 0 Å². The zero-order valence-corrected chi connectivity index (χ0v) is 17.5. The van der Waals surface area contributed by atoms with Crippen LogP contribution in [0.15, 0.2) is 48.7 Å². The summed E-state index contributed by atoms with van der Waals surface area (Å²) in [5, 5.41) is 4.18. The predicted octanol–water partition coefficient (Wildman–Crippen LogP) is 4.41. The van der Waals surface area contributed by atoms with Crippen molar-refractivity contribution in [1.82, 2.24) is 10.3 Å². The van der Waals surface area contributed by atoms with Gasteiger partial charge in [0.2, 0.25) is 5.91 Å². The van der Waals surface area contributed by atoms with Crippen LogP contribution in [0, 0.1) is 0 Å². The van der Waals surface area contributed by atoms with Crippen LogP contribution in [-0.4, -0.2) is 38.3 Å². The fourth-order valence-corrected chi connectivity index (χ4v) is 3.87. The third-order valence-corrected chi connectivity index (χ3v) is 5.34. The minimum Gasteiger partial charge on any atom is -0.496 e. The summed E-state index contributed by atoms with van der Waals surface area (Å²) in [6.07, 6.45) is 4.15. The highest BCUT2D eigenvalue weighted by molar-refractivity contribution is 5.88. The van der Waals surface area contributed by atoms with Gasteiger partial charge in [0.1, 0.15) is 5.75 Å². The maximum absolute atomic E-state index is 12.7. The molecule has 0 fully saturated rings. The largest absolute Gasteiger partial charge is 0.496 e. The topological polar surface area (TPSA) is 63.4 Å². The summed E-state index contributed by atoms with van der Waals surface area (Å²) in [5.41, 5.74) is 4.55. The van der Waals surface area contributed by atoms with Crippen LogP contribution in [0.4, 0.5) is 0 Å². The minimum absolute atomic E-state index is 0.0259. The first-order valence-electron chi connectivity index (χ1n) is 10.2. The number of aryl methyl sites for hydroxylation is 1. The molecule has 0 aliphatic heterocycles. The van der Waals surface area contributed by atoms with E-state index in [-0.39, 0.29) is 11.8 Å². The van der Waals surface area contributed by atoms with Gasteiger partial charge in [-0.05, 0) is 30.0 Å². The summed E-state index contributed by atoms with van der Waals surface area (Å²) in [4.78, 5) is 16.2. The summed E-state index contributed by atoms with van der Waals surface area (Å²) in [7, 11) is 3.34. The normalized spacial score (nSPS) is 12.1. The number of benzene rings is 2. The Hall–Kier alpha value is -2.79. The molecule has 1 aromatic heterocycles. The molecule has 0 spiro atoms. The van der Waals surface area contributed by atoms with Gasteiger partial charge in [-0.1, -0.05) is 43.3 Å². The number of ether oxygens (including phenoxy) is 2. The van der Waals surface area contributed by atoms with E-state index in [1.165, 1.54) is 5.56 Å². The average Bonchev–Trinajstić information content (AvgIpc) is 3.19. The molecule has 3 aromatic rings. The van der Waals surface area contributed by atoms with E-state index in [9.17, 15) is 4.79 Å². The number of para-hydroxylation sites is 2. The number of fused-ring (bicyclic) bond motifs is 1. The molecule has 3 rings (SSSR count). The van der Waals surface area contributed by atoms with Gasteiger partial charge in [-0.2, -0.15) is 0 Å². The van der Waals surface area contributed by atoms with Crippen LogP contribution < -0.4 is 10.1 Å². The van der Waals surface area contributed by atoms with Gasteiger partial charge in [0.05, 0.1) is 7.11 Å². The van der Waals surface area contributed by atoms with Gasteiger partial charge in [-0.3, -0.25) is 4.79 Å². The van der Waals surface area contributed by atoms with Gasteiger partial charge in [0.15, 0.2) is 0 Å². The SMILES string of the molecule is CCc1cccc2c(C(CC(=O)NCCCOC)c3ccccc3OC)c[nH]c12. The number of nitrogens with one attached hydrogen (secondary N) is 2. The zero-order valence-electron chi connectivity index (χ0n) is 17.5. The molecule has 0 saturated heterocycles. The Labute approximate surface area is 172 Å². The fraction of sp³-hybridized carbons (Fsp3) is 0.375. The van der Waals surface area contributed by atoms with Crippen molar-refractivity contribution in [2.75, 3.05) is 27.4 Å². The van der Waals surface area contributed by atoms with Gasteiger partial charge < -0.3 is 19.8 Å². The number of rotatable bonds is 10. The summed E-state index contributed by atoms with van der Waals surface area (Å²) < 4.78 is 10.7. The lowest BCUT2D eigenvalue weighted by Crippen LogP contribution is -2.27. The van der Waals surface area contributed by atoms with Crippen LogP contribution in [0.25, 0.3) is 10.9 Å². The highest BCUT2D eigenvalue weighted by atomic mass is 16.5. The zero-order chi connectivity index (χ0) is 20.6. The fourth-order valence-electron chi connectivity index (χ4n) is 3.87. The van der Waals surface area contributed by atoms with Crippen molar-refractivity contribution in [3.05, 3.63) is 65.4 Å². The Bertz CT molecular complexity index is 948. The van der Waals surface area contributed by atoms with Crippen molar-refractivity contribution in [3.63, 3.8) is 0 Å². The van der Waals surface area contributed by atoms with Crippen LogP contribution in [0.1, 0.15) is 42.4 Å². The number of aromatic amines is 1. The summed E-state index contributed by atoms with van der Waals surface area (Å²) in [5.74, 6) is 0.720. The van der Waals surface area contributed by atoms with Crippen molar-refractivity contribution in [1.29, 1.82) is 0 Å². The molecule has 2 aromatic carbocycles. The van der Waals surface area contributed by atoms with Crippen molar-refractivity contribution >= 4 is 16.8 Å². The molecule has 0 aliphatic rings. The first kappa shape index (κ1) is 20.9. The van der Waals surface area contributed by atoms with Gasteiger partial charge in [0.25, 0.3) is 0 Å². The molecule has 0 saturated carbocycles. The molecule has 154 valence electrons. The number of methoxy groups -OCH3 is 2. The maximum Gasteiger partial charge on any atom is 0.220 e.